The summed E-state index contributed by atoms with van der Waals surface area (Å²) in [4.78, 5) is 30.5. The number of rotatable bonds is 11. The molecule has 1 unspecified atom stereocenters. The smallest absolute Gasteiger partial charge is 0.262 e. The van der Waals surface area contributed by atoms with Crippen molar-refractivity contribution in [2.75, 3.05) is 73.9 Å². The molecule has 1 atom stereocenters. The number of carbonyl (C=O) groups is 2. The van der Waals surface area contributed by atoms with Gasteiger partial charge in [0, 0.05) is 55.9 Å². The van der Waals surface area contributed by atoms with E-state index in [1.807, 2.05) is 24.3 Å². The van der Waals surface area contributed by atoms with Crippen molar-refractivity contribution in [3.8, 4) is 11.5 Å². The van der Waals surface area contributed by atoms with Crippen molar-refractivity contribution in [1.82, 2.24) is 14.8 Å². The van der Waals surface area contributed by atoms with Crippen molar-refractivity contribution >= 4 is 29.1 Å². The van der Waals surface area contributed by atoms with Crippen molar-refractivity contribution in [3.63, 3.8) is 0 Å². The molecule has 0 bridgehead atoms. The number of amides is 2. The summed E-state index contributed by atoms with van der Waals surface area (Å²) >= 11 is 6.50. The number of methoxy groups -OCH3 is 3. The average molecular weight is 559 g/mol. The Labute approximate surface area is 234 Å². The molecule has 210 valence electrons. The van der Waals surface area contributed by atoms with E-state index in [1.165, 1.54) is 17.0 Å². The Morgan fingerprint density at radius 1 is 1.10 bits per heavy atom. The largest absolute Gasteiger partial charge is 0.497 e. The predicted molar refractivity (Wildman–Crippen MR) is 147 cm³/mol. The zero-order valence-corrected chi connectivity index (χ0v) is 23.4. The topological polar surface area (TPSA) is 93.1 Å². The van der Waals surface area contributed by atoms with Gasteiger partial charge in [0.15, 0.2) is 0 Å². The van der Waals surface area contributed by atoms with Gasteiger partial charge in [-0.05, 0) is 24.3 Å². The molecule has 1 fully saturated rings. The monoisotopic (exact) mass is 558 g/mol. The van der Waals surface area contributed by atoms with E-state index in [0.717, 1.165) is 24.2 Å². The molecule has 0 aliphatic carbocycles. The van der Waals surface area contributed by atoms with Crippen LogP contribution < -0.4 is 9.47 Å². The summed E-state index contributed by atoms with van der Waals surface area (Å²) in [6, 6.07) is 12.4. The van der Waals surface area contributed by atoms with E-state index in [2.05, 4.69) is 4.90 Å². The van der Waals surface area contributed by atoms with E-state index in [9.17, 15) is 9.59 Å². The number of morpholine rings is 1. The summed E-state index contributed by atoms with van der Waals surface area (Å²) in [6.45, 7) is 3.64. The highest BCUT2D eigenvalue weighted by Gasteiger charge is 2.36. The molecule has 2 heterocycles. The van der Waals surface area contributed by atoms with Crippen LogP contribution in [0.5, 0.6) is 11.5 Å². The molecule has 1 saturated heterocycles. The third-order valence-electron chi connectivity index (χ3n) is 6.88. The molecule has 10 nitrogen and oxygen atoms in total. The summed E-state index contributed by atoms with van der Waals surface area (Å²) in [6.07, 6.45) is 0.415. The third-order valence-corrected chi connectivity index (χ3v) is 7.21. The number of nitrogens with zero attached hydrogens (tertiary/aromatic N) is 4. The second-order valence-electron chi connectivity index (χ2n) is 9.29. The SMILES string of the molecule is COCC(=O)N(CCN1CCOCC1)CC(=O)N1N=C(c2ccccc2Cl)CC1c1cc(OC)ccc1OC. The predicted octanol–water partition coefficient (Wildman–Crippen LogP) is 2.84. The van der Waals surface area contributed by atoms with Gasteiger partial charge in [-0.3, -0.25) is 14.5 Å². The molecule has 2 aromatic rings. The number of carbonyl (C=O) groups excluding carboxylic acids is 2. The highest BCUT2D eigenvalue weighted by molar-refractivity contribution is 6.34. The standard InChI is InChI=1S/C28H35ClN4O6/c1-36-19-28(35)32(11-10-31-12-14-39-15-13-31)18-27(34)33-25(22-16-20(37-2)8-9-26(22)38-3)17-24(30-33)21-6-4-5-7-23(21)29/h4-9,16,25H,10-15,17-19H2,1-3H3. The van der Waals surface area contributed by atoms with Crippen molar-refractivity contribution in [2.45, 2.75) is 12.5 Å². The zero-order chi connectivity index (χ0) is 27.8. The van der Waals surface area contributed by atoms with Crippen molar-refractivity contribution in [3.05, 3.63) is 58.6 Å². The molecule has 2 aliphatic heterocycles. The van der Waals surface area contributed by atoms with Crippen molar-refractivity contribution < 1.29 is 28.5 Å². The van der Waals surface area contributed by atoms with Crippen LogP contribution in [-0.2, 0) is 19.1 Å². The molecule has 0 radical (unpaired) electrons. The van der Waals surface area contributed by atoms with E-state index in [-0.39, 0.29) is 25.0 Å². The first-order chi connectivity index (χ1) is 18.9. The second-order valence-corrected chi connectivity index (χ2v) is 9.70. The summed E-state index contributed by atoms with van der Waals surface area (Å²) in [5, 5.41) is 6.73. The number of benzene rings is 2. The molecule has 11 heteroatoms. The summed E-state index contributed by atoms with van der Waals surface area (Å²) < 4.78 is 21.6. The van der Waals surface area contributed by atoms with Crippen LogP contribution in [0, 0.1) is 0 Å². The average Bonchev–Trinajstić information content (AvgIpc) is 3.41. The lowest BCUT2D eigenvalue weighted by Crippen LogP contribution is -2.47. The Balaban J connectivity index is 1.63. The van der Waals surface area contributed by atoms with Gasteiger partial charge < -0.3 is 23.8 Å². The molecule has 0 N–H and O–H groups in total. The van der Waals surface area contributed by atoms with Gasteiger partial charge in [-0.2, -0.15) is 5.10 Å². The Hall–Kier alpha value is -3.18. The van der Waals surface area contributed by atoms with E-state index in [4.69, 9.17) is 35.6 Å². The number of ether oxygens (including phenoxy) is 4. The van der Waals surface area contributed by atoms with Gasteiger partial charge in [-0.1, -0.05) is 29.8 Å². The van der Waals surface area contributed by atoms with Gasteiger partial charge in [-0.15, -0.1) is 0 Å². The molecule has 0 saturated carbocycles. The van der Waals surface area contributed by atoms with Crippen molar-refractivity contribution in [1.29, 1.82) is 0 Å². The van der Waals surface area contributed by atoms with E-state index in [0.29, 0.717) is 55.0 Å². The van der Waals surface area contributed by atoms with E-state index < -0.39 is 6.04 Å². The minimum absolute atomic E-state index is 0.113. The lowest BCUT2D eigenvalue weighted by atomic mass is 9.97. The lowest BCUT2D eigenvalue weighted by Gasteiger charge is -2.31. The number of hydrogen-bond donors (Lipinski definition) is 0. The Bertz CT molecular complexity index is 1190. The zero-order valence-electron chi connectivity index (χ0n) is 22.6. The van der Waals surface area contributed by atoms with Crippen LogP contribution in [0.2, 0.25) is 5.02 Å². The van der Waals surface area contributed by atoms with Gasteiger partial charge in [0.1, 0.15) is 24.7 Å². The number of halogens is 1. The minimum atomic E-state index is -0.479. The summed E-state index contributed by atoms with van der Waals surface area (Å²) in [5.74, 6) is 0.656. The minimum Gasteiger partial charge on any atom is -0.497 e. The lowest BCUT2D eigenvalue weighted by molar-refractivity contribution is -0.143. The summed E-state index contributed by atoms with van der Waals surface area (Å²) in [5.41, 5.74) is 2.17. The molecule has 2 aliphatic rings. The van der Waals surface area contributed by atoms with Crippen LogP contribution in [0.1, 0.15) is 23.6 Å². The first-order valence-electron chi connectivity index (χ1n) is 12.9. The van der Waals surface area contributed by atoms with Crippen LogP contribution >= 0.6 is 11.6 Å². The molecule has 2 amide bonds. The maximum atomic E-state index is 13.9. The highest BCUT2D eigenvalue weighted by Crippen LogP contribution is 2.40. The molecule has 2 aromatic carbocycles. The molecule has 0 aromatic heterocycles. The van der Waals surface area contributed by atoms with Gasteiger partial charge >= 0.3 is 0 Å². The molecular weight excluding hydrogens is 524 g/mol. The molecule has 0 spiro atoms. The van der Waals surface area contributed by atoms with Crippen LogP contribution in [0.4, 0.5) is 0 Å². The fourth-order valence-electron chi connectivity index (χ4n) is 4.77. The quantitative estimate of drug-likeness (QED) is 0.419. The normalized spacial score (nSPS) is 17.6. The van der Waals surface area contributed by atoms with Gasteiger partial charge in [-0.25, -0.2) is 5.01 Å². The highest BCUT2D eigenvalue weighted by atomic mass is 35.5. The van der Waals surface area contributed by atoms with Gasteiger partial charge in [0.25, 0.3) is 5.91 Å². The van der Waals surface area contributed by atoms with Gasteiger partial charge in [0.2, 0.25) is 5.91 Å². The second kappa shape index (κ2) is 13.7. The Morgan fingerprint density at radius 3 is 2.56 bits per heavy atom. The van der Waals surface area contributed by atoms with E-state index >= 15 is 0 Å². The third kappa shape index (κ3) is 7.07. The molecular formula is C28H35ClN4O6. The maximum Gasteiger partial charge on any atom is 0.262 e. The Morgan fingerprint density at radius 2 is 1.87 bits per heavy atom. The molecule has 39 heavy (non-hydrogen) atoms. The van der Waals surface area contributed by atoms with E-state index in [1.54, 1.807) is 32.4 Å². The van der Waals surface area contributed by atoms with Crippen LogP contribution in [0.15, 0.2) is 47.6 Å². The maximum absolute atomic E-state index is 13.9. The van der Waals surface area contributed by atoms with Crippen LogP contribution in [0.25, 0.3) is 0 Å². The van der Waals surface area contributed by atoms with Crippen LogP contribution in [0.3, 0.4) is 0 Å². The number of hydrogen-bond acceptors (Lipinski definition) is 8. The number of hydrazone groups is 1. The molecule has 4 rings (SSSR count). The Kier molecular flexibility index (Phi) is 10.2. The van der Waals surface area contributed by atoms with Gasteiger partial charge in [0.05, 0.1) is 39.2 Å². The van der Waals surface area contributed by atoms with Crippen LogP contribution in [-0.4, -0.2) is 106 Å². The summed E-state index contributed by atoms with van der Waals surface area (Å²) in [7, 11) is 4.63. The first-order valence-corrected chi connectivity index (χ1v) is 13.3. The first kappa shape index (κ1) is 28.8. The fraction of sp³-hybridized carbons (Fsp3) is 0.464. The fourth-order valence-corrected chi connectivity index (χ4v) is 5.01. The van der Waals surface area contributed by atoms with Crippen molar-refractivity contribution in [2.24, 2.45) is 5.10 Å².